The number of pyridine rings is 1. The summed E-state index contributed by atoms with van der Waals surface area (Å²) in [5.41, 5.74) is 2.97. The fourth-order valence-corrected chi connectivity index (χ4v) is 3.77. The predicted molar refractivity (Wildman–Crippen MR) is 101 cm³/mol. The van der Waals surface area contributed by atoms with Crippen LogP contribution in [0.2, 0.25) is 0 Å². The predicted octanol–water partition coefficient (Wildman–Crippen LogP) is 2.36. The van der Waals surface area contributed by atoms with Crippen molar-refractivity contribution < 1.29 is 9.13 Å². The van der Waals surface area contributed by atoms with Gasteiger partial charge in [-0.1, -0.05) is 0 Å². The number of hydrogen-bond donors (Lipinski definition) is 1. The average molecular weight is 381 g/mol. The highest BCUT2D eigenvalue weighted by molar-refractivity contribution is 5.66. The molecule has 8 nitrogen and oxygen atoms in total. The van der Waals surface area contributed by atoms with Gasteiger partial charge in [0.05, 0.1) is 18.5 Å². The van der Waals surface area contributed by atoms with E-state index in [-0.39, 0.29) is 5.82 Å². The summed E-state index contributed by atoms with van der Waals surface area (Å²) in [5.74, 6) is 1.10. The van der Waals surface area contributed by atoms with Gasteiger partial charge in [-0.2, -0.15) is 0 Å². The molecule has 28 heavy (non-hydrogen) atoms. The van der Waals surface area contributed by atoms with Gasteiger partial charge in [0.1, 0.15) is 0 Å². The van der Waals surface area contributed by atoms with Crippen LogP contribution in [0.1, 0.15) is 30.3 Å². The first-order valence-electron chi connectivity index (χ1n) is 9.30. The molecule has 5 rings (SSSR count). The number of hydrogen-bond acceptors (Lipinski definition) is 6. The van der Waals surface area contributed by atoms with E-state index in [9.17, 15) is 4.39 Å². The lowest BCUT2D eigenvalue weighted by molar-refractivity contribution is 0.415. The molecule has 1 fully saturated rings. The standard InChI is InChI=1S/C19H20FN7O/c1-11-22-19-17(28-2)8-15(25-27(19)24-11)13-7-14(20)18-23-16(10-26(18)9-13)12-3-5-21-6-4-12/h7-10,12,21H,3-6H2,1-2H3. The van der Waals surface area contributed by atoms with Crippen LogP contribution < -0.4 is 10.1 Å². The molecule has 1 N–H and O–H groups in total. The lowest BCUT2D eigenvalue weighted by Crippen LogP contribution is -2.26. The zero-order valence-electron chi connectivity index (χ0n) is 15.7. The summed E-state index contributed by atoms with van der Waals surface area (Å²) in [4.78, 5) is 8.86. The normalized spacial score (nSPS) is 15.5. The Kier molecular flexibility index (Phi) is 3.97. The first-order valence-corrected chi connectivity index (χ1v) is 9.30. The van der Waals surface area contributed by atoms with E-state index in [4.69, 9.17) is 4.74 Å². The lowest BCUT2D eigenvalue weighted by atomic mass is 9.95. The van der Waals surface area contributed by atoms with Gasteiger partial charge in [0.15, 0.2) is 23.0 Å². The maximum Gasteiger partial charge on any atom is 0.218 e. The number of aryl methyl sites for hydroxylation is 1. The van der Waals surface area contributed by atoms with Crippen LogP contribution in [0.25, 0.3) is 22.6 Å². The van der Waals surface area contributed by atoms with Gasteiger partial charge in [0.2, 0.25) is 5.65 Å². The Morgan fingerprint density at radius 2 is 1.93 bits per heavy atom. The number of rotatable bonds is 3. The molecular weight excluding hydrogens is 361 g/mol. The minimum absolute atomic E-state index is 0.335. The highest BCUT2D eigenvalue weighted by Gasteiger charge is 2.20. The Morgan fingerprint density at radius 3 is 2.71 bits per heavy atom. The molecule has 1 saturated heterocycles. The summed E-state index contributed by atoms with van der Waals surface area (Å²) in [6.07, 6.45) is 5.79. The Labute approximate surface area is 160 Å². The number of aromatic nitrogens is 6. The van der Waals surface area contributed by atoms with Crippen molar-refractivity contribution in [2.45, 2.75) is 25.7 Å². The Balaban J connectivity index is 1.62. The van der Waals surface area contributed by atoms with Crippen molar-refractivity contribution in [2.24, 2.45) is 0 Å². The van der Waals surface area contributed by atoms with Crippen molar-refractivity contribution in [3.63, 3.8) is 0 Å². The smallest absolute Gasteiger partial charge is 0.218 e. The molecule has 144 valence electrons. The molecule has 4 aromatic heterocycles. The lowest BCUT2D eigenvalue weighted by Gasteiger charge is -2.20. The summed E-state index contributed by atoms with van der Waals surface area (Å²) < 4.78 is 23.4. The molecule has 1 aliphatic rings. The van der Waals surface area contributed by atoms with Crippen LogP contribution in [0.5, 0.6) is 5.75 Å². The van der Waals surface area contributed by atoms with Crippen LogP contribution in [-0.4, -0.2) is 49.4 Å². The number of imidazole rings is 1. The number of fused-ring (bicyclic) bond motifs is 2. The van der Waals surface area contributed by atoms with E-state index in [0.29, 0.717) is 40.0 Å². The number of nitrogens with zero attached hydrogens (tertiary/aromatic N) is 6. The summed E-state index contributed by atoms with van der Waals surface area (Å²) in [7, 11) is 1.56. The van der Waals surface area contributed by atoms with E-state index in [1.807, 2.05) is 12.4 Å². The van der Waals surface area contributed by atoms with Crippen LogP contribution in [-0.2, 0) is 0 Å². The second-order valence-corrected chi connectivity index (χ2v) is 7.07. The Bertz CT molecular complexity index is 1180. The summed E-state index contributed by atoms with van der Waals surface area (Å²) >= 11 is 0. The molecule has 1 aliphatic heterocycles. The number of methoxy groups -OCH3 is 1. The third kappa shape index (κ3) is 2.78. The molecule has 0 saturated carbocycles. The molecule has 0 amide bonds. The molecule has 0 spiro atoms. The minimum Gasteiger partial charge on any atom is -0.493 e. The first-order chi connectivity index (χ1) is 13.6. The Morgan fingerprint density at radius 1 is 1.11 bits per heavy atom. The third-order valence-corrected chi connectivity index (χ3v) is 5.19. The fraction of sp³-hybridized carbons (Fsp3) is 0.368. The van der Waals surface area contributed by atoms with Gasteiger partial charge in [-0.3, -0.25) is 0 Å². The topological polar surface area (TPSA) is 81.6 Å². The van der Waals surface area contributed by atoms with E-state index < -0.39 is 0 Å². The molecule has 9 heteroatoms. The Hall–Kier alpha value is -3.07. The van der Waals surface area contributed by atoms with E-state index in [1.54, 1.807) is 24.5 Å². The molecule has 0 atom stereocenters. The number of nitrogens with one attached hydrogen (secondary N) is 1. The zero-order valence-corrected chi connectivity index (χ0v) is 15.7. The molecule has 0 bridgehead atoms. The van der Waals surface area contributed by atoms with Crippen LogP contribution in [0.15, 0.2) is 24.5 Å². The third-order valence-electron chi connectivity index (χ3n) is 5.19. The van der Waals surface area contributed by atoms with Crippen molar-refractivity contribution >= 4 is 11.3 Å². The van der Waals surface area contributed by atoms with Crippen molar-refractivity contribution in [2.75, 3.05) is 20.2 Å². The van der Waals surface area contributed by atoms with Gasteiger partial charge in [-0.05, 0) is 38.9 Å². The van der Waals surface area contributed by atoms with Crippen molar-refractivity contribution in [3.05, 3.63) is 41.9 Å². The molecular formula is C19H20FN7O. The summed E-state index contributed by atoms with van der Waals surface area (Å²) in [5, 5.41) is 12.1. The van der Waals surface area contributed by atoms with Crippen LogP contribution >= 0.6 is 0 Å². The van der Waals surface area contributed by atoms with Crippen molar-refractivity contribution in [1.29, 1.82) is 0 Å². The van der Waals surface area contributed by atoms with Crippen LogP contribution in [0.3, 0.4) is 0 Å². The van der Waals surface area contributed by atoms with Crippen LogP contribution in [0, 0.1) is 12.7 Å². The van der Waals surface area contributed by atoms with E-state index >= 15 is 0 Å². The molecule has 0 aromatic carbocycles. The molecule has 5 heterocycles. The van der Waals surface area contributed by atoms with Crippen molar-refractivity contribution in [1.82, 2.24) is 34.5 Å². The van der Waals surface area contributed by atoms with Crippen molar-refractivity contribution in [3.8, 4) is 17.0 Å². The number of ether oxygens (including phenoxy) is 1. The highest BCUT2D eigenvalue weighted by atomic mass is 19.1. The second kappa shape index (κ2) is 6.52. The second-order valence-electron chi connectivity index (χ2n) is 7.07. The zero-order chi connectivity index (χ0) is 19.3. The first kappa shape index (κ1) is 17.1. The van der Waals surface area contributed by atoms with Gasteiger partial charge >= 0.3 is 0 Å². The number of halogens is 1. The maximum atomic E-state index is 14.8. The summed E-state index contributed by atoms with van der Waals surface area (Å²) in [6.45, 7) is 3.72. The van der Waals surface area contributed by atoms with E-state index in [1.165, 1.54) is 10.7 Å². The number of piperidine rings is 1. The largest absolute Gasteiger partial charge is 0.493 e. The van der Waals surface area contributed by atoms with Gasteiger partial charge in [-0.25, -0.2) is 14.4 Å². The maximum absolute atomic E-state index is 14.8. The van der Waals surface area contributed by atoms with Gasteiger partial charge in [0, 0.05) is 29.9 Å². The SMILES string of the molecule is COc1cc(-c2cc(F)c3nc(C4CCNCC4)cn3c2)nn2nc(C)nc12. The fourth-order valence-electron chi connectivity index (χ4n) is 3.77. The molecule has 4 aromatic rings. The van der Waals surface area contributed by atoms with E-state index in [0.717, 1.165) is 31.6 Å². The molecule has 0 radical (unpaired) electrons. The minimum atomic E-state index is -0.381. The summed E-state index contributed by atoms with van der Waals surface area (Å²) in [6, 6.07) is 3.20. The van der Waals surface area contributed by atoms with Gasteiger partial charge < -0.3 is 14.5 Å². The van der Waals surface area contributed by atoms with Crippen LogP contribution in [0.4, 0.5) is 4.39 Å². The monoisotopic (exact) mass is 381 g/mol. The highest BCUT2D eigenvalue weighted by Crippen LogP contribution is 2.29. The quantitative estimate of drug-likeness (QED) is 0.587. The van der Waals surface area contributed by atoms with Gasteiger partial charge in [-0.15, -0.1) is 14.8 Å². The molecule has 0 aliphatic carbocycles. The average Bonchev–Trinajstić information content (AvgIpc) is 3.30. The van der Waals surface area contributed by atoms with E-state index in [2.05, 4.69) is 25.5 Å². The van der Waals surface area contributed by atoms with Gasteiger partial charge in [0.25, 0.3) is 0 Å². The molecule has 0 unspecified atom stereocenters.